The molecule has 1 fully saturated rings. The van der Waals surface area contributed by atoms with Gasteiger partial charge in [0, 0.05) is 6.42 Å². The van der Waals surface area contributed by atoms with Gasteiger partial charge in [-0.05, 0) is 18.9 Å². The van der Waals surface area contributed by atoms with E-state index in [1.54, 1.807) is 6.26 Å². The first-order chi connectivity index (χ1) is 6.75. The molecule has 0 saturated heterocycles. The largest absolute Gasteiger partial charge is 0.469 e. The quantitative estimate of drug-likeness (QED) is 0.687. The van der Waals surface area contributed by atoms with Gasteiger partial charge in [-0.1, -0.05) is 25.7 Å². The Balaban J connectivity index is 1.95. The number of hydrogen-bond acceptors (Lipinski definition) is 2. The number of hydrogen-bond donors (Lipinski definition) is 0. The lowest BCUT2D eigenvalue weighted by molar-refractivity contribution is 0.0961. The normalized spacial score (nSPS) is 17.5. The first kappa shape index (κ1) is 9.50. The van der Waals surface area contributed by atoms with Crippen molar-refractivity contribution in [2.75, 3.05) is 0 Å². The van der Waals surface area contributed by atoms with Gasteiger partial charge in [0.05, 0.1) is 5.56 Å². The minimum absolute atomic E-state index is 0.244. The third kappa shape index (κ3) is 2.06. The molecule has 2 rings (SSSR count). The first-order valence-electron chi connectivity index (χ1n) is 5.34. The van der Waals surface area contributed by atoms with Crippen molar-refractivity contribution >= 4 is 5.78 Å². The van der Waals surface area contributed by atoms with Crippen LogP contribution >= 0.6 is 0 Å². The van der Waals surface area contributed by atoms with E-state index in [0.717, 1.165) is 11.3 Å². The van der Waals surface area contributed by atoms with E-state index in [-0.39, 0.29) is 5.78 Å². The van der Waals surface area contributed by atoms with Gasteiger partial charge in [-0.3, -0.25) is 4.79 Å². The minimum Gasteiger partial charge on any atom is -0.469 e. The summed E-state index contributed by atoms with van der Waals surface area (Å²) >= 11 is 0. The molecule has 0 bridgehead atoms. The van der Waals surface area contributed by atoms with Crippen molar-refractivity contribution in [1.29, 1.82) is 0 Å². The summed E-state index contributed by atoms with van der Waals surface area (Å²) in [4.78, 5) is 11.8. The monoisotopic (exact) mass is 192 g/mol. The molecule has 1 aliphatic rings. The highest BCUT2D eigenvalue weighted by Gasteiger charge is 2.19. The highest BCUT2D eigenvalue weighted by atomic mass is 16.3. The molecule has 2 nitrogen and oxygen atoms in total. The van der Waals surface area contributed by atoms with Crippen LogP contribution in [0.5, 0.6) is 0 Å². The molecule has 0 amide bonds. The van der Waals surface area contributed by atoms with Crippen molar-refractivity contribution in [3.8, 4) is 0 Å². The average Bonchev–Trinajstić information content (AvgIpc) is 2.75. The molecule has 1 saturated carbocycles. The zero-order valence-corrected chi connectivity index (χ0v) is 8.58. The fraction of sp³-hybridized carbons (Fsp3) is 0.583. The van der Waals surface area contributed by atoms with Crippen molar-refractivity contribution in [3.05, 3.63) is 23.7 Å². The second-order valence-electron chi connectivity index (χ2n) is 4.22. The molecule has 0 aromatic carbocycles. The molecule has 1 aliphatic carbocycles. The van der Waals surface area contributed by atoms with Crippen LogP contribution in [0.15, 0.2) is 16.7 Å². The van der Waals surface area contributed by atoms with Crippen molar-refractivity contribution in [3.63, 3.8) is 0 Å². The molecule has 0 spiro atoms. The van der Waals surface area contributed by atoms with Crippen LogP contribution in [0.25, 0.3) is 0 Å². The van der Waals surface area contributed by atoms with Crippen LogP contribution in [0, 0.1) is 12.8 Å². The number of furan rings is 1. The molecule has 2 heteroatoms. The standard InChI is InChI=1S/C12H16O2/c1-9-6-11(8-14-9)12(13)7-10-4-2-3-5-10/h6,8,10H,2-5,7H2,1H3. The lowest BCUT2D eigenvalue weighted by atomic mass is 9.98. The second-order valence-corrected chi connectivity index (χ2v) is 4.22. The van der Waals surface area contributed by atoms with Crippen LogP contribution in [0.1, 0.15) is 48.2 Å². The van der Waals surface area contributed by atoms with E-state index in [0.29, 0.717) is 12.3 Å². The molecule has 14 heavy (non-hydrogen) atoms. The Morgan fingerprint density at radius 2 is 2.21 bits per heavy atom. The Labute approximate surface area is 84.3 Å². The summed E-state index contributed by atoms with van der Waals surface area (Å²) in [5.41, 5.74) is 0.745. The smallest absolute Gasteiger partial charge is 0.166 e. The highest BCUT2D eigenvalue weighted by molar-refractivity contribution is 5.96. The van der Waals surface area contributed by atoms with E-state index >= 15 is 0 Å². The fourth-order valence-electron chi connectivity index (χ4n) is 2.18. The van der Waals surface area contributed by atoms with Gasteiger partial charge in [-0.15, -0.1) is 0 Å². The number of ketones is 1. The minimum atomic E-state index is 0.244. The number of carbonyl (C=O) groups is 1. The maximum Gasteiger partial charge on any atom is 0.166 e. The molecule has 1 aromatic heterocycles. The van der Waals surface area contributed by atoms with E-state index < -0.39 is 0 Å². The van der Waals surface area contributed by atoms with Crippen molar-refractivity contribution in [1.82, 2.24) is 0 Å². The molecular weight excluding hydrogens is 176 g/mol. The third-order valence-corrected chi connectivity index (χ3v) is 3.00. The molecule has 0 N–H and O–H groups in total. The Morgan fingerprint density at radius 3 is 2.79 bits per heavy atom. The molecule has 0 radical (unpaired) electrons. The van der Waals surface area contributed by atoms with Crippen LogP contribution in [-0.4, -0.2) is 5.78 Å². The van der Waals surface area contributed by atoms with Crippen LogP contribution in [0.3, 0.4) is 0 Å². The first-order valence-corrected chi connectivity index (χ1v) is 5.34. The second kappa shape index (κ2) is 3.99. The van der Waals surface area contributed by atoms with E-state index in [1.807, 2.05) is 13.0 Å². The van der Waals surface area contributed by atoms with Gasteiger partial charge in [-0.2, -0.15) is 0 Å². The van der Waals surface area contributed by atoms with Gasteiger partial charge in [0.25, 0.3) is 0 Å². The van der Waals surface area contributed by atoms with E-state index in [9.17, 15) is 4.79 Å². The van der Waals surface area contributed by atoms with Crippen LogP contribution in [-0.2, 0) is 0 Å². The van der Waals surface area contributed by atoms with Gasteiger partial charge in [0.1, 0.15) is 12.0 Å². The lowest BCUT2D eigenvalue weighted by Gasteiger charge is -2.05. The van der Waals surface area contributed by atoms with Crippen molar-refractivity contribution in [2.45, 2.75) is 39.0 Å². The number of aryl methyl sites for hydroxylation is 1. The SMILES string of the molecule is Cc1cc(C(=O)CC2CCCC2)co1. The molecule has 76 valence electrons. The van der Waals surface area contributed by atoms with Crippen LogP contribution in [0.2, 0.25) is 0 Å². The summed E-state index contributed by atoms with van der Waals surface area (Å²) in [6.07, 6.45) is 7.32. The highest BCUT2D eigenvalue weighted by Crippen LogP contribution is 2.28. The predicted octanol–water partition coefficient (Wildman–Crippen LogP) is 3.35. The maximum absolute atomic E-state index is 11.8. The number of rotatable bonds is 3. The Hall–Kier alpha value is -1.05. The van der Waals surface area contributed by atoms with Gasteiger partial charge in [0.15, 0.2) is 5.78 Å². The summed E-state index contributed by atoms with van der Waals surface area (Å²) in [6.45, 7) is 1.87. The molecule has 0 atom stereocenters. The molecule has 0 aliphatic heterocycles. The van der Waals surface area contributed by atoms with E-state index in [2.05, 4.69) is 0 Å². The molecule has 1 aromatic rings. The fourth-order valence-corrected chi connectivity index (χ4v) is 2.18. The third-order valence-electron chi connectivity index (χ3n) is 3.00. The summed E-state index contributed by atoms with van der Waals surface area (Å²) in [5, 5.41) is 0. The van der Waals surface area contributed by atoms with E-state index in [4.69, 9.17) is 4.42 Å². The molecular formula is C12H16O2. The zero-order valence-electron chi connectivity index (χ0n) is 8.58. The summed E-state index contributed by atoms with van der Waals surface area (Å²) in [6, 6.07) is 1.83. The maximum atomic E-state index is 11.8. The van der Waals surface area contributed by atoms with E-state index in [1.165, 1.54) is 25.7 Å². The van der Waals surface area contributed by atoms with Crippen molar-refractivity contribution in [2.24, 2.45) is 5.92 Å². The molecule has 1 heterocycles. The Morgan fingerprint density at radius 1 is 1.50 bits per heavy atom. The average molecular weight is 192 g/mol. The van der Waals surface area contributed by atoms with Gasteiger partial charge in [0.2, 0.25) is 0 Å². The van der Waals surface area contributed by atoms with Gasteiger partial charge < -0.3 is 4.42 Å². The van der Waals surface area contributed by atoms with Crippen molar-refractivity contribution < 1.29 is 9.21 Å². The zero-order chi connectivity index (χ0) is 9.97. The van der Waals surface area contributed by atoms with Gasteiger partial charge >= 0.3 is 0 Å². The van der Waals surface area contributed by atoms with Gasteiger partial charge in [-0.25, -0.2) is 0 Å². The summed E-state index contributed by atoms with van der Waals surface area (Å²) in [5.74, 6) is 1.69. The Bertz CT molecular complexity index is 319. The van der Waals surface area contributed by atoms with Crippen LogP contribution in [0.4, 0.5) is 0 Å². The summed E-state index contributed by atoms with van der Waals surface area (Å²) < 4.78 is 5.13. The lowest BCUT2D eigenvalue weighted by Crippen LogP contribution is -2.04. The molecule has 0 unspecified atom stereocenters. The summed E-state index contributed by atoms with van der Waals surface area (Å²) in [7, 11) is 0. The number of Topliss-reactive ketones (excluding diaryl/α,β-unsaturated/α-hetero) is 1. The Kier molecular flexibility index (Phi) is 2.71. The predicted molar refractivity (Wildman–Crippen MR) is 54.4 cm³/mol. The topological polar surface area (TPSA) is 30.2 Å². The number of carbonyl (C=O) groups excluding carboxylic acids is 1. The van der Waals surface area contributed by atoms with Crippen LogP contribution < -0.4 is 0 Å².